The Kier molecular flexibility index (Phi) is 3.36. The molecule has 1 N–H and O–H groups in total. The van der Waals surface area contributed by atoms with Crippen molar-refractivity contribution in [1.29, 1.82) is 0 Å². The Balaban J connectivity index is 2.27. The van der Waals surface area contributed by atoms with Crippen LogP contribution in [0, 0.1) is 0 Å². The van der Waals surface area contributed by atoms with E-state index in [1.54, 1.807) is 24.3 Å². The Labute approximate surface area is 104 Å². The lowest BCUT2D eigenvalue weighted by atomic mass is 10.2. The first-order chi connectivity index (χ1) is 8.41. The summed E-state index contributed by atoms with van der Waals surface area (Å²) in [6.07, 6.45) is -0.345. The van der Waals surface area contributed by atoms with Crippen LogP contribution in [0.25, 0.3) is 0 Å². The van der Waals surface area contributed by atoms with Gasteiger partial charge in [0.05, 0.1) is 6.61 Å². The molecule has 98 valence electrons. The lowest BCUT2D eigenvalue weighted by Gasteiger charge is -2.16. The van der Waals surface area contributed by atoms with Crippen molar-refractivity contribution in [3.05, 3.63) is 29.8 Å². The van der Waals surface area contributed by atoms with E-state index in [9.17, 15) is 17.1 Å². The van der Waals surface area contributed by atoms with Crippen LogP contribution in [0.4, 0.5) is 9.57 Å². The molecule has 0 aromatic heterocycles. The number of halogens is 1. The topological polar surface area (TPSA) is 74.7 Å². The van der Waals surface area contributed by atoms with Crippen LogP contribution < -0.4 is 4.90 Å². The molecule has 1 unspecified atom stereocenters. The summed E-state index contributed by atoms with van der Waals surface area (Å²) in [5.41, 5.74) is 1.07. The van der Waals surface area contributed by atoms with Crippen LogP contribution in [0.15, 0.2) is 24.3 Å². The lowest BCUT2D eigenvalue weighted by Crippen LogP contribution is -2.26. The van der Waals surface area contributed by atoms with Gasteiger partial charge in [-0.05, 0) is 17.7 Å². The normalized spacial score (nSPS) is 20.4. The van der Waals surface area contributed by atoms with E-state index in [4.69, 9.17) is 5.11 Å². The van der Waals surface area contributed by atoms with E-state index in [1.807, 2.05) is 0 Å². The first-order valence-corrected chi connectivity index (χ1v) is 6.80. The molecule has 5 nitrogen and oxygen atoms in total. The van der Waals surface area contributed by atoms with Gasteiger partial charge in [-0.3, -0.25) is 4.79 Å². The van der Waals surface area contributed by atoms with Gasteiger partial charge >= 0.3 is 10.2 Å². The second kappa shape index (κ2) is 4.66. The van der Waals surface area contributed by atoms with Crippen LogP contribution in [-0.2, 0) is 21.6 Å². The molecule has 1 aliphatic rings. The number of aliphatic hydroxyl groups is 1. The van der Waals surface area contributed by atoms with Crippen molar-refractivity contribution in [3.63, 3.8) is 0 Å². The van der Waals surface area contributed by atoms with Crippen molar-refractivity contribution in [3.8, 4) is 0 Å². The van der Waals surface area contributed by atoms with Gasteiger partial charge in [-0.1, -0.05) is 12.1 Å². The number of carbonyl (C=O) groups is 1. The molecule has 1 aromatic rings. The predicted octanol–water partition coefficient (Wildman–Crippen LogP) is 0.584. The van der Waals surface area contributed by atoms with Gasteiger partial charge in [0.2, 0.25) is 5.91 Å². The first-order valence-electron chi connectivity index (χ1n) is 5.35. The second-order valence-electron chi connectivity index (χ2n) is 4.13. The Bertz CT molecular complexity index is 572. The number of benzene rings is 1. The predicted molar refractivity (Wildman–Crippen MR) is 63.2 cm³/mol. The number of nitrogens with zero attached hydrogens (tertiary/aromatic N) is 1. The van der Waals surface area contributed by atoms with Gasteiger partial charge in [0.1, 0.15) is 5.25 Å². The van der Waals surface area contributed by atoms with E-state index in [0.29, 0.717) is 11.3 Å². The number of amides is 1. The van der Waals surface area contributed by atoms with Gasteiger partial charge in [0.15, 0.2) is 0 Å². The highest BCUT2D eigenvalue weighted by atomic mass is 32.3. The minimum atomic E-state index is -4.70. The van der Waals surface area contributed by atoms with Crippen LogP contribution in [0.5, 0.6) is 0 Å². The molecule has 2 rings (SSSR count). The van der Waals surface area contributed by atoms with Crippen LogP contribution in [0.2, 0.25) is 0 Å². The van der Waals surface area contributed by atoms with Crippen molar-refractivity contribution in [2.45, 2.75) is 18.3 Å². The van der Waals surface area contributed by atoms with Gasteiger partial charge in [-0.15, -0.1) is 3.89 Å². The number of carbonyl (C=O) groups excluding carboxylic acids is 1. The Hall–Kier alpha value is -1.47. The summed E-state index contributed by atoms with van der Waals surface area (Å²) >= 11 is 0. The molecule has 18 heavy (non-hydrogen) atoms. The highest BCUT2D eigenvalue weighted by molar-refractivity contribution is 7.87. The van der Waals surface area contributed by atoms with Crippen molar-refractivity contribution in [2.75, 3.05) is 11.4 Å². The van der Waals surface area contributed by atoms with E-state index in [2.05, 4.69) is 0 Å². The molecule has 1 fully saturated rings. The van der Waals surface area contributed by atoms with Crippen LogP contribution in [0.1, 0.15) is 12.0 Å². The maximum Gasteiger partial charge on any atom is 0.307 e. The molecular formula is C11H12FNO4S. The van der Waals surface area contributed by atoms with E-state index >= 15 is 0 Å². The fraction of sp³-hybridized carbons (Fsp3) is 0.364. The molecule has 0 aliphatic carbocycles. The number of hydrogen-bond acceptors (Lipinski definition) is 4. The Morgan fingerprint density at radius 3 is 2.72 bits per heavy atom. The summed E-state index contributed by atoms with van der Waals surface area (Å²) in [5, 5.41) is 7.69. The number of aliphatic hydroxyl groups excluding tert-OH is 1. The zero-order valence-corrected chi connectivity index (χ0v) is 10.2. The largest absolute Gasteiger partial charge is 0.392 e. The Morgan fingerprint density at radius 2 is 2.17 bits per heavy atom. The average Bonchev–Trinajstić information content (AvgIpc) is 2.71. The molecule has 0 radical (unpaired) electrons. The summed E-state index contributed by atoms with van der Waals surface area (Å²) in [6, 6.07) is 6.51. The van der Waals surface area contributed by atoms with E-state index < -0.39 is 21.4 Å². The molecular weight excluding hydrogens is 261 g/mol. The molecule has 1 heterocycles. The third kappa shape index (κ3) is 2.51. The molecule has 7 heteroatoms. The summed E-state index contributed by atoms with van der Waals surface area (Å²) in [4.78, 5) is 12.9. The van der Waals surface area contributed by atoms with Gasteiger partial charge in [-0.2, -0.15) is 8.42 Å². The minimum absolute atomic E-state index is 0.180. The lowest BCUT2D eigenvalue weighted by molar-refractivity contribution is -0.117. The summed E-state index contributed by atoms with van der Waals surface area (Å²) in [6.45, 7) is -0.368. The quantitative estimate of drug-likeness (QED) is 0.818. The number of rotatable bonds is 3. The molecule has 1 amide bonds. The zero-order valence-electron chi connectivity index (χ0n) is 9.41. The SMILES string of the molecule is O=C1CC(S(=O)(=O)F)CN1c1cccc(CO)c1. The Morgan fingerprint density at radius 1 is 1.44 bits per heavy atom. The standard InChI is InChI=1S/C11H12FNO4S/c12-18(16,17)10-5-11(15)13(6-10)9-3-1-2-8(4-9)7-14/h1-4,10,14H,5-7H2. The third-order valence-corrected chi connectivity index (χ3v) is 4.00. The minimum Gasteiger partial charge on any atom is -0.392 e. The number of hydrogen-bond donors (Lipinski definition) is 1. The second-order valence-corrected chi connectivity index (χ2v) is 5.75. The van der Waals surface area contributed by atoms with Crippen molar-refractivity contribution < 1.29 is 22.2 Å². The maximum absolute atomic E-state index is 12.9. The van der Waals surface area contributed by atoms with Gasteiger partial charge in [0.25, 0.3) is 0 Å². The summed E-state index contributed by atoms with van der Waals surface area (Å²) < 4.78 is 34.4. The van der Waals surface area contributed by atoms with E-state index in [1.165, 1.54) is 4.90 Å². The molecule has 1 aliphatic heterocycles. The van der Waals surface area contributed by atoms with Crippen molar-refractivity contribution >= 4 is 21.8 Å². The highest BCUT2D eigenvalue weighted by Crippen LogP contribution is 2.26. The molecule has 1 saturated heterocycles. The molecule has 0 saturated carbocycles. The molecule has 0 spiro atoms. The van der Waals surface area contributed by atoms with Gasteiger partial charge < -0.3 is 10.0 Å². The smallest absolute Gasteiger partial charge is 0.307 e. The third-order valence-electron chi connectivity index (χ3n) is 2.89. The molecule has 0 bridgehead atoms. The fourth-order valence-electron chi connectivity index (χ4n) is 1.94. The van der Waals surface area contributed by atoms with Gasteiger partial charge in [-0.25, -0.2) is 0 Å². The number of anilines is 1. The highest BCUT2D eigenvalue weighted by Gasteiger charge is 2.39. The zero-order chi connectivity index (χ0) is 13.3. The van der Waals surface area contributed by atoms with Crippen LogP contribution >= 0.6 is 0 Å². The first kappa shape index (κ1) is 13.0. The molecule has 1 atom stereocenters. The van der Waals surface area contributed by atoms with E-state index in [0.717, 1.165) is 0 Å². The fourth-order valence-corrected chi connectivity index (χ4v) is 2.60. The van der Waals surface area contributed by atoms with Crippen molar-refractivity contribution in [2.24, 2.45) is 0 Å². The van der Waals surface area contributed by atoms with Gasteiger partial charge in [0, 0.05) is 18.7 Å². The van der Waals surface area contributed by atoms with Crippen molar-refractivity contribution in [1.82, 2.24) is 0 Å². The summed E-state index contributed by atoms with van der Waals surface area (Å²) in [7, 11) is -4.70. The van der Waals surface area contributed by atoms with Crippen LogP contribution in [0.3, 0.4) is 0 Å². The monoisotopic (exact) mass is 273 g/mol. The van der Waals surface area contributed by atoms with Crippen LogP contribution in [-0.4, -0.2) is 31.2 Å². The summed E-state index contributed by atoms with van der Waals surface area (Å²) in [5.74, 6) is -0.434. The molecule has 1 aromatic carbocycles. The van der Waals surface area contributed by atoms with E-state index in [-0.39, 0.29) is 19.6 Å². The maximum atomic E-state index is 12.9. The average molecular weight is 273 g/mol.